The molecule has 6 rings (SSSR count). The average Bonchev–Trinajstić information content (AvgIpc) is 3.62. The second kappa shape index (κ2) is 6.74. The molecule has 0 aromatic heterocycles. The Labute approximate surface area is 191 Å². The van der Waals surface area contributed by atoms with Gasteiger partial charge in [0, 0.05) is 12.5 Å². The van der Waals surface area contributed by atoms with Crippen LogP contribution in [0, 0.1) is 63.6 Å². The van der Waals surface area contributed by atoms with E-state index in [0.29, 0.717) is 40.5 Å². The summed E-state index contributed by atoms with van der Waals surface area (Å²) in [5.41, 5.74) is 1.65. The highest BCUT2D eigenvalue weighted by atomic mass is 16.6. The Morgan fingerprint density at radius 3 is 2.35 bits per heavy atom. The molecule has 2 heteroatoms. The van der Waals surface area contributed by atoms with Gasteiger partial charge in [0.2, 0.25) is 0 Å². The van der Waals surface area contributed by atoms with E-state index in [1.54, 1.807) is 0 Å². The molecule has 6 fully saturated rings. The van der Waals surface area contributed by atoms with Gasteiger partial charge in [0.15, 0.2) is 0 Å². The highest BCUT2D eigenvalue weighted by Gasteiger charge is 2.77. The number of methoxy groups -OCH3 is 1. The van der Waals surface area contributed by atoms with Crippen LogP contribution in [0.1, 0.15) is 92.9 Å². The Kier molecular flexibility index (Phi) is 4.67. The van der Waals surface area contributed by atoms with E-state index in [1.807, 2.05) is 7.11 Å². The van der Waals surface area contributed by atoms with E-state index in [1.165, 1.54) is 51.4 Å². The van der Waals surface area contributed by atoms with E-state index in [0.717, 1.165) is 41.4 Å². The highest BCUT2D eigenvalue weighted by molar-refractivity contribution is 5.26. The van der Waals surface area contributed by atoms with Crippen LogP contribution in [0.2, 0.25) is 0 Å². The first kappa shape index (κ1) is 21.5. The Hall–Kier alpha value is -0.0800. The molecule has 5 aliphatic carbocycles. The van der Waals surface area contributed by atoms with Gasteiger partial charge in [-0.25, -0.2) is 0 Å². The summed E-state index contributed by atoms with van der Waals surface area (Å²) < 4.78 is 12.7. The summed E-state index contributed by atoms with van der Waals surface area (Å²) in [6.45, 7) is 15.1. The molecular weight excluding hydrogens is 380 g/mol. The fourth-order valence-electron chi connectivity index (χ4n) is 11.1. The van der Waals surface area contributed by atoms with Gasteiger partial charge in [-0.1, -0.05) is 41.5 Å². The van der Waals surface area contributed by atoms with Gasteiger partial charge in [-0.05, 0) is 110 Å². The lowest BCUT2D eigenvalue weighted by atomic mass is 9.45. The number of hydrogen-bond acceptors (Lipinski definition) is 2. The minimum atomic E-state index is 0.519. The lowest BCUT2D eigenvalue weighted by Gasteiger charge is -2.61. The standard InChI is InChI=1S/C29H48O2/c1-16(2)17(3)25-26(31-25)18(4)21-8-9-22-20-14-24(30-7)29-15-19(29)10-13-28(29,6)23(20)11-12-27(21,22)5/h16-26H,8-15H2,1-7H3. The smallest absolute Gasteiger partial charge is 0.0873 e. The van der Waals surface area contributed by atoms with Gasteiger partial charge in [0.1, 0.15) is 0 Å². The monoisotopic (exact) mass is 428 g/mol. The molecule has 1 spiro atoms. The van der Waals surface area contributed by atoms with Crippen LogP contribution < -0.4 is 0 Å². The lowest BCUT2D eigenvalue weighted by molar-refractivity contribution is -0.161. The fraction of sp³-hybridized carbons (Fsp3) is 1.00. The number of ether oxygens (including phenoxy) is 2. The Morgan fingerprint density at radius 2 is 1.68 bits per heavy atom. The first-order chi connectivity index (χ1) is 14.7. The molecule has 2 nitrogen and oxygen atoms in total. The van der Waals surface area contributed by atoms with Crippen molar-refractivity contribution in [2.24, 2.45) is 63.6 Å². The van der Waals surface area contributed by atoms with E-state index in [2.05, 4.69) is 41.5 Å². The van der Waals surface area contributed by atoms with Crippen LogP contribution in [0.15, 0.2) is 0 Å². The minimum absolute atomic E-state index is 0.519. The third kappa shape index (κ3) is 2.59. The van der Waals surface area contributed by atoms with E-state index >= 15 is 0 Å². The van der Waals surface area contributed by atoms with Crippen LogP contribution in [-0.2, 0) is 9.47 Å². The SMILES string of the molecule is COC1CC2C3CCC(C(C)C4OC4C(C)C(C)C)C3(C)CCC2C2(C)CCC3CC312. The molecule has 5 saturated carbocycles. The van der Waals surface area contributed by atoms with E-state index in [-0.39, 0.29) is 0 Å². The third-order valence-corrected chi connectivity index (χ3v) is 13.2. The molecule has 1 saturated heterocycles. The van der Waals surface area contributed by atoms with Gasteiger partial charge in [-0.2, -0.15) is 0 Å². The van der Waals surface area contributed by atoms with Gasteiger partial charge >= 0.3 is 0 Å². The summed E-state index contributed by atoms with van der Waals surface area (Å²) in [6.07, 6.45) is 13.2. The molecule has 0 amide bonds. The molecule has 1 heterocycles. The molecule has 13 atom stereocenters. The molecule has 0 bridgehead atoms. The van der Waals surface area contributed by atoms with Crippen LogP contribution in [0.25, 0.3) is 0 Å². The van der Waals surface area contributed by atoms with E-state index in [9.17, 15) is 0 Å². The van der Waals surface area contributed by atoms with Gasteiger partial charge in [-0.15, -0.1) is 0 Å². The van der Waals surface area contributed by atoms with Crippen molar-refractivity contribution >= 4 is 0 Å². The zero-order valence-corrected chi connectivity index (χ0v) is 21.3. The molecule has 0 radical (unpaired) electrons. The van der Waals surface area contributed by atoms with Gasteiger partial charge in [-0.3, -0.25) is 0 Å². The number of fused-ring (bicyclic) bond motifs is 4. The van der Waals surface area contributed by atoms with Crippen LogP contribution >= 0.6 is 0 Å². The number of rotatable bonds is 5. The maximum absolute atomic E-state index is 6.35. The summed E-state index contributed by atoms with van der Waals surface area (Å²) >= 11 is 0. The minimum Gasteiger partial charge on any atom is -0.381 e. The lowest BCUT2D eigenvalue weighted by Crippen LogP contribution is -2.57. The van der Waals surface area contributed by atoms with Crippen molar-refractivity contribution in [3.05, 3.63) is 0 Å². The quantitative estimate of drug-likeness (QED) is 0.441. The van der Waals surface area contributed by atoms with Crippen molar-refractivity contribution in [3.8, 4) is 0 Å². The molecule has 176 valence electrons. The van der Waals surface area contributed by atoms with Crippen molar-refractivity contribution in [2.45, 2.75) is 111 Å². The average molecular weight is 429 g/mol. The summed E-state index contributed by atoms with van der Waals surface area (Å²) in [6, 6.07) is 0. The van der Waals surface area contributed by atoms with Crippen molar-refractivity contribution in [1.82, 2.24) is 0 Å². The maximum Gasteiger partial charge on any atom is 0.0873 e. The van der Waals surface area contributed by atoms with Crippen LogP contribution in [0.4, 0.5) is 0 Å². The second-order valence-corrected chi connectivity index (χ2v) is 14.0. The van der Waals surface area contributed by atoms with E-state index in [4.69, 9.17) is 9.47 Å². The van der Waals surface area contributed by atoms with Crippen LogP contribution in [-0.4, -0.2) is 25.4 Å². The van der Waals surface area contributed by atoms with Gasteiger partial charge in [0.25, 0.3) is 0 Å². The van der Waals surface area contributed by atoms with Crippen molar-refractivity contribution in [2.75, 3.05) is 7.11 Å². The van der Waals surface area contributed by atoms with Gasteiger partial charge < -0.3 is 9.47 Å². The third-order valence-electron chi connectivity index (χ3n) is 13.2. The zero-order chi connectivity index (χ0) is 21.9. The molecule has 13 unspecified atom stereocenters. The topological polar surface area (TPSA) is 21.8 Å². The van der Waals surface area contributed by atoms with Crippen LogP contribution in [0.3, 0.4) is 0 Å². The zero-order valence-electron chi connectivity index (χ0n) is 21.3. The maximum atomic E-state index is 6.35. The highest BCUT2D eigenvalue weighted by Crippen LogP contribution is 2.82. The fourth-order valence-corrected chi connectivity index (χ4v) is 11.1. The largest absolute Gasteiger partial charge is 0.381 e. The summed E-state index contributed by atoms with van der Waals surface area (Å²) in [4.78, 5) is 0. The van der Waals surface area contributed by atoms with Crippen molar-refractivity contribution < 1.29 is 9.47 Å². The molecule has 0 aromatic carbocycles. The molecule has 1 aliphatic heterocycles. The van der Waals surface area contributed by atoms with Gasteiger partial charge in [0.05, 0.1) is 18.3 Å². The first-order valence-corrected chi connectivity index (χ1v) is 13.9. The number of epoxide rings is 1. The molecule has 0 N–H and O–H groups in total. The summed E-state index contributed by atoms with van der Waals surface area (Å²) in [5.74, 6) is 6.77. The second-order valence-electron chi connectivity index (χ2n) is 14.0. The molecule has 6 aliphatic rings. The number of hydrogen-bond donors (Lipinski definition) is 0. The van der Waals surface area contributed by atoms with Crippen LogP contribution in [0.5, 0.6) is 0 Å². The first-order valence-electron chi connectivity index (χ1n) is 13.9. The van der Waals surface area contributed by atoms with Crippen molar-refractivity contribution in [3.63, 3.8) is 0 Å². The predicted octanol–water partition coefficient (Wildman–Crippen LogP) is 6.97. The normalized spacial score (nSPS) is 58.8. The van der Waals surface area contributed by atoms with Crippen molar-refractivity contribution in [1.29, 1.82) is 0 Å². The molecule has 0 aromatic rings. The molecular formula is C29H48O2. The predicted molar refractivity (Wildman–Crippen MR) is 126 cm³/mol. The summed E-state index contributed by atoms with van der Waals surface area (Å²) in [5, 5.41) is 0. The summed E-state index contributed by atoms with van der Waals surface area (Å²) in [7, 11) is 2.02. The Morgan fingerprint density at radius 1 is 0.903 bits per heavy atom. The molecule has 31 heavy (non-hydrogen) atoms. The Bertz CT molecular complexity index is 732. The Balaban J connectivity index is 1.24. The van der Waals surface area contributed by atoms with E-state index < -0.39 is 0 Å².